The zero-order chi connectivity index (χ0) is 43.4. The second-order valence-electron chi connectivity index (χ2n) is 14.6. The molecule has 8 rings (SSSR count). The molecule has 0 radical (unpaired) electrons. The van der Waals surface area contributed by atoms with Gasteiger partial charge in [0.05, 0.1) is 33.9 Å². The third kappa shape index (κ3) is 10.4. The van der Waals surface area contributed by atoms with Crippen molar-refractivity contribution in [3.05, 3.63) is 124 Å². The smallest absolute Gasteiger partial charge is 0.381 e. The number of carbonyl (C=O) groups is 2. The van der Waals surface area contributed by atoms with Crippen LogP contribution in [-0.2, 0) is 33.9 Å². The molecule has 20 heteroatoms. The SMILES string of the molecule is O=C(NS(=O)(=O)c1ccc(N[C@H](CCN2CCOCC2)CSc2ccccc2)c(C(F)(F)F)c1)c1csc(N2CCc3cccc(C(=O)Nc4nc5ccc(F)cc5s4)c3C2)n1. The number of carbonyl (C=O) groups excluding carboxylic acids is 2. The van der Waals surface area contributed by atoms with Crippen LogP contribution < -0.4 is 20.3 Å². The molecule has 2 aromatic heterocycles. The van der Waals surface area contributed by atoms with E-state index in [-0.39, 0.29) is 17.9 Å². The summed E-state index contributed by atoms with van der Waals surface area (Å²) in [5, 5.41) is 7.91. The standard InChI is InChI=1S/C42H39F4N7O5S4/c43-27-9-11-35-37(21-27)61-40(48-35)50-38(54)31-8-4-5-26-13-16-53(23-32(26)31)41-49-36(25-60-41)39(55)51-62(56,57)30-10-12-34(33(22-30)42(44,45)46)47-28(14-15-52-17-19-58-20-18-52)24-59-29-6-2-1-3-7-29/h1-12,21-22,25,28,47H,13-20,23-24H2,(H,51,55)(H,48,50,54)/t28-/m1/s1. The molecule has 0 unspecified atom stereocenters. The van der Waals surface area contributed by atoms with Gasteiger partial charge in [-0.3, -0.25) is 19.8 Å². The van der Waals surface area contributed by atoms with Crippen LogP contribution >= 0.6 is 34.4 Å². The predicted molar refractivity (Wildman–Crippen MR) is 233 cm³/mol. The number of thiazole rings is 2. The van der Waals surface area contributed by atoms with Gasteiger partial charge in [0.1, 0.15) is 11.5 Å². The number of aromatic nitrogens is 2. The van der Waals surface area contributed by atoms with Gasteiger partial charge in [-0.1, -0.05) is 41.7 Å². The van der Waals surface area contributed by atoms with Crippen LogP contribution in [0.5, 0.6) is 0 Å². The number of anilines is 3. The minimum atomic E-state index is -4.92. The summed E-state index contributed by atoms with van der Waals surface area (Å²) in [6.07, 6.45) is -3.86. The van der Waals surface area contributed by atoms with Gasteiger partial charge in [0.25, 0.3) is 21.8 Å². The molecule has 4 heterocycles. The molecule has 2 amide bonds. The number of nitrogens with zero attached hydrogens (tertiary/aromatic N) is 4. The summed E-state index contributed by atoms with van der Waals surface area (Å²) in [6, 6.07) is 21.3. The van der Waals surface area contributed by atoms with Gasteiger partial charge >= 0.3 is 6.18 Å². The number of morpholine rings is 1. The van der Waals surface area contributed by atoms with Crippen molar-refractivity contribution in [1.29, 1.82) is 0 Å². The van der Waals surface area contributed by atoms with Crippen molar-refractivity contribution in [2.75, 3.05) is 60.7 Å². The lowest BCUT2D eigenvalue weighted by atomic mass is 9.94. The zero-order valence-corrected chi connectivity index (χ0v) is 36.0. The number of nitrogens with one attached hydrogen (secondary N) is 3. The van der Waals surface area contributed by atoms with Gasteiger partial charge in [-0.25, -0.2) is 27.5 Å². The highest BCUT2D eigenvalue weighted by Crippen LogP contribution is 2.38. The number of rotatable bonds is 14. The van der Waals surface area contributed by atoms with Gasteiger partial charge < -0.3 is 15.0 Å². The highest BCUT2D eigenvalue weighted by atomic mass is 32.2. The molecule has 6 aromatic rings. The molecule has 62 heavy (non-hydrogen) atoms. The van der Waals surface area contributed by atoms with Crippen molar-refractivity contribution in [1.82, 2.24) is 19.6 Å². The second-order valence-corrected chi connectivity index (χ2v) is 19.2. The topological polar surface area (TPSA) is 146 Å². The number of hydrogen-bond donors (Lipinski definition) is 3. The lowest BCUT2D eigenvalue weighted by Gasteiger charge is -2.29. The summed E-state index contributed by atoms with van der Waals surface area (Å²) in [5.74, 6) is -1.48. The first kappa shape index (κ1) is 43.5. The van der Waals surface area contributed by atoms with E-state index < -0.39 is 50.3 Å². The van der Waals surface area contributed by atoms with E-state index >= 15 is 0 Å². The molecule has 12 nitrogen and oxygen atoms in total. The molecule has 0 saturated carbocycles. The van der Waals surface area contributed by atoms with Gasteiger partial charge in [0.2, 0.25) is 0 Å². The van der Waals surface area contributed by atoms with Crippen LogP contribution in [0.2, 0.25) is 0 Å². The van der Waals surface area contributed by atoms with Crippen LogP contribution in [-0.4, -0.2) is 86.3 Å². The molecule has 1 atom stereocenters. The molecule has 3 N–H and O–H groups in total. The van der Waals surface area contributed by atoms with E-state index in [9.17, 15) is 35.6 Å². The van der Waals surface area contributed by atoms with Crippen molar-refractivity contribution in [2.45, 2.75) is 41.4 Å². The summed E-state index contributed by atoms with van der Waals surface area (Å²) in [7, 11) is -4.78. The largest absolute Gasteiger partial charge is 0.418 e. The van der Waals surface area contributed by atoms with E-state index in [2.05, 4.69) is 25.5 Å². The van der Waals surface area contributed by atoms with Gasteiger partial charge in [-0.15, -0.1) is 23.1 Å². The predicted octanol–water partition coefficient (Wildman–Crippen LogP) is 8.14. The van der Waals surface area contributed by atoms with Gasteiger partial charge in [-0.2, -0.15) is 13.2 Å². The normalized spacial score (nSPS) is 15.3. The number of sulfonamides is 1. The Hall–Kier alpha value is -5.12. The molecule has 0 spiro atoms. The monoisotopic (exact) mass is 925 g/mol. The van der Waals surface area contributed by atoms with Crippen LogP contribution in [0, 0.1) is 5.82 Å². The molecule has 1 saturated heterocycles. The summed E-state index contributed by atoms with van der Waals surface area (Å²) in [4.78, 5) is 39.8. The van der Waals surface area contributed by atoms with Crippen LogP contribution in [0.3, 0.4) is 0 Å². The number of hydrogen-bond acceptors (Lipinski definition) is 13. The molecule has 0 aliphatic carbocycles. The molecule has 2 aliphatic rings. The Balaban J connectivity index is 0.946. The fourth-order valence-electron chi connectivity index (χ4n) is 7.17. The molecule has 2 aliphatic heterocycles. The van der Waals surface area contributed by atoms with Crippen molar-refractivity contribution < 1.29 is 40.3 Å². The molecule has 1 fully saturated rings. The third-order valence-corrected chi connectivity index (χ3v) is 14.7. The Morgan fingerprint density at radius 2 is 1.74 bits per heavy atom. The van der Waals surface area contributed by atoms with Gasteiger partial charge in [0, 0.05) is 66.0 Å². The molecule has 0 bridgehead atoms. The van der Waals surface area contributed by atoms with Crippen LogP contribution in [0.25, 0.3) is 10.2 Å². The Bertz CT molecular complexity index is 2690. The van der Waals surface area contributed by atoms with E-state index in [1.165, 1.54) is 35.3 Å². The Labute approximate surface area is 366 Å². The Kier molecular flexibility index (Phi) is 13.1. The van der Waals surface area contributed by atoms with Gasteiger partial charge in [-0.05, 0) is 78.6 Å². The van der Waals surface area contributed by atoms with E-state index in [0.29, 0.717) is 77.0 Å². The number of thioether (sulfide) groups is 1. The highest BCUT2D eigenvalue weighted by molar-refractivity contribution is 7.99. The van der Waals surface area contributed by atoms with Crippen LogP contribution in [0.4, 0.5) is 33.5 Å². The Morgan fingerprint density at radius 3 is 2.53 bits per heavy atom. The molecular weight excluding hydrogens is 887 g/mol. The van der Waals surface area contributed by atoms with E-state index in [4.69, 9.17) is 4.74 Å². The first-order chi connectivity index (χ1) is 29.8. The van der Waals surface area contributed by atoms with E-state index in [0.717, 1.165) is 63.9 Å². The Morgan fingerprint density at radius 1 is 0.935 bits per heavy atom. The number of alkyl halides is 3. The first-order valence-corrected chi connectivity index (χ1v) is 23.7. The maximum atomic E-state index is 14.6. The zero-order valence-electron chi connectivity index (χ0n) is 32.8. The highest BCUT2D eigenvalue weighted by Gasteiger charge is 2.36. The quantitative estimate of drug-likeness (QED) is 0.0719. The fourth-order valence-corrected chi connectivity index (χ4v) is 10.9. The van der Waals surface area contributed by atoms with Crippen molar-refractivity contribution in [3.8, 4) is 0 Å². The second kappa shape index (κ2) is 18.7. The number of amides is 2. The van der Waals surface area contributed by atoms with Gasteiger partial charge in [0.15, 0.2) is 10.3 Å². The molecule has 324 valence electrons. The number of benzene rings is 4. The summed E-state index contributed by atoms with van der Waals surface area (Å²) >= 11 is 3.73. The van der Waals surface area contributed by atoms with Crippen molar-refractivity contribution >= 4 is 82.4 Å². The number of ether oxygens (including phenoxy) is 1. The summed E-state index contributed by atoms with van der Waals surface area (Å²) in [5.41, 5.74) is 0.912. The summed E-state index contributed by atoms with van der Waals surface area (Å²) in [6.45, 7) is 3.97. The minimum absolute atomic E-state index is 0.244. The minimum Gasteiger partial charge on any atom is -0.381 e. The van der Waals surface area contributed by atoms with Crippen LogP contribution in [0.1, 0.15) is 44.0 Å². The average Bonchev–Trinajstić information content (AvgIpc) is 3.92. The maximum Gasteiger partial charge on any atom is 0.418 e. The molecular formula is C42H39F4N7O5S4. The fraction of sp³-hybridized carbons (Fsp3) is 0.286. The third-order valence-electron chi connectivity index (χ3n) is 10.4. The van der Waals surface area contributed by atoms with Crippen molar-refractivity contribution in [3.63, 3.8) is 0 Å². The number of halogens is 4. The van der Waals surface area contributed by atoms with Crippen LogP contribution in [0.15, 0.2) is 100 Å². The summed E-state index contributed by atoms with van der Waals surface area (Å²) < 4.78 is 92.4. The van der Waals surface area contributed by atoms with Crippen molar-refractivity contribution in [2.24, 2.45) is 0 Å². The lowest BCUT2D eigenvalue weighted by Crippen LogP contribution is -2.39. The van der Waals surface area contributed by atoms with E-state index in [1.807, 2.05) is 46.0 Å². The molecule has 4 aromatic carbocycles. The first-order valence-electron chi connectivity index (χ1n) is 19.5. The lowest BCUT2D eigenvalue weighted by molar-refractivity contribution is -0.137. The maximum absolute atomic E-state index is 14.6. The number of fused-ring (bicyclic) bond motifs is 2. The van der Waals surface area contributed by atoms with E-state index in [1.54, 1.807) is 12.1 Å². The average molecular weight is 926 g/mol.